The van der Waals surface area contributed by atoms with Crippen molar-refractivity contribution in [3.8, 4) is 23.3 Å². The average molecular weight is 910 g/mol. The lowest BCUT2D eigenvalue weighted by atomic mass is 9.93. The van der Waals surface area contributed by atoms with E-state index in [9.17, 15) is 14.9 Å². The Bertz CT molecular complexity index is 2360. The van der Waals surface area contributed by atoms with Gasteiger partial charge in [-0.25, -0.2) is 9.79 Å². The Hall–Kier alpha value is -4.46. The normalized spacial score (nSPS) is 14.0. The molecule has 0 saturated heterocycles. The van der Waals surface area contributed by atoms with Gasteiger partial charge in [-0.05, 0) is 94.1 Å². The third kappa shape index (κ3) is 7.07. The van der Waals surface area contributed by atoms with Crippen molar-refractivity contribution in [3.05, 3.63) is 145 Å². The molecule has 0 fully saturated rings. The molecule has 0 aliphatic carbocycles. The van der Waals surface area contributed by atoms with Crippen molar-refractivity contribution in [2.24, 2.45) is 4.99 Å². The molecule has 6 rings (SSSR count). The topological polar surface area (TPSA) is 112 Å². The van der Waals surface area contributed by atoms with E-state index in [2.05, 4.69) is 51.3 Å². The third-order valence-electron chi connectivity index (χ3n) is 7.93. The summed E-state index contributed by atoms with van der Waals surface area (Å²) in [7, 11) is 3.08. The molecule has 1 aromatic heterocycles. The van der Waals surface area contributed by atoms with Crippen LogP contribution in [0.1, 0.15) is 40.8 Å². The fourth-order valence-electron chi connectivity index (χ4n) is 5.66. The molecule has 4 aromatic carbocycles. The first-order chi connectivity index (χ1) is 24.3. The first-order valence-corrected chi connectivity index (χ1v) is 18.4. The zero-order chi connectivity index (χ0) is 35.4. The second kappa shape index (κ2) is 15.6. The van der Waals surface area contributed by atoms with Crippen LogP contribution in [-0.2, 0) is 16.1 Å². The average Bonchev–Trinajstić information content (AvgIpc) is 3.44. The Morgan fingerprint density at radius 2 is 1.74 bits per heavy atom. The fourth-order valence-corrected chi connectivity index (χ4v) is 8.70. The van der Waals surface area contributed by atoms with Crippen molar-refractivity contribution in [1.82, 2.24) is 4.57 Å². The molecule has 0 radical (unpaired) electrons. The molecule has 5 aromatic rings. The number of hydrogen-bond acceptors (Lipinski definition) is 9. The highest BCUT2D eigenvalue weighted by Gasteiger charge is 2.35. The number of nitrogens with zero attached hydrogens (tertiary/aromatic N) is 3. The van der Waals surface area contributed by atoms with Gasteiger partial charge in [0.25, 0.3) is 5.56 Å². The summed E-state index contributed by atoms with van der Waals surface area (Å²) in [5, 5.41) is 9.60. The van der Waals surface area contributed by atoms with E-state index in [1.165, 1.54) is 18.4 Å². The smallest absolute Gasteiger partial charge is 0.338 e. The first-order valence-electron chi connectivity index (χ1n) is 15.4. The van der Waals surface area contributed by atoms with Gasteiger partial charge in [0.1, 0.15) is 12.4 Å². The van der Waals surface area contributed by atoms with E-state index in [1.807, 2.05) is 66.7 Å². The second-order valence-electron chi connectivity index (χ2n) is 10.9. The summed E-state index contributed by atoms with van der Waals surface area (Å²) in [6.45, 7) is 2.05. The maximum absolute atomic E-state index is 14.6. The van der Waals surface area contributed by atoms with E-state index < -0.39 is 12.0 Å². The van der Waals surface area contributed by atoms with Crippen LogP contribution < -0.4 is 29.1 Å². The lowest BCUT2D eigenvalue weighted by Crippen LogP contribution is -2.40. The summed E-state index contributed by atoms with van der Waals surface area (Å²) >= 11 is 5.67. The number of ether oxygens (including phenoxy) is 4. The van der Waals surface area contributed by atoms with Gasteiger partial charge >= 0.3 is 5.97 Å². The zero-order valence-electron chi connectivity index (χ0n) is 27.1. The van der Waals surface area contributed by atoms with Crippen LogP contribution in [0.15, 0.2) is 100 Å². The molecular formula is C38H29I2N3O6S. The SMILES string of the molecule is CCOC(=O)C1=C(c2ccccc2)N=c2s/c(=C\c3cc(I)cc(I)c3OCc3ccccc3C#N)c(=O)n2[C@H]1c1ccc(OC)c(OC)c1. The van der Waals surface area contributed by atoms with E-state index in [0.29, 0.717) is 54.5 Å². The minimum atomic E-state index is -0.892. The highest BCUT2D eigenvalue weighted by Crippen LogP contribution is 2.38. The van der Waals surface area contributed by atoms with Gasteiger partial charge < -0.3 is 18.9 Å². The molecule has 1 aliphatic rings. The Morgan fingerprint density at radius 3 is 2.46 bits per heavy atom. The fraction of sp³-hybridized carbons (Fsp3) is 0.158. The monoisotopic (exact) mass is 909 g/mol. The number of fused-ring (bicyclic) bond motifs is 1. The van der Waals surface area contributed by atoms with Gasteiger partial charge in [-0.2, -0.15) is 5.26 Å². The van der Waals surface area contributed by atoms with Gasteiger partial charge in [0.15, 0.2) is 16.3 Å². The summed E-state index contributed by atoms with van der Waals surface area (Å²) in [4.78, 5) is 33.8. The van der Waals surface area contributed by atoms with Gasteiger partial charge in [0.2, 0.25) is 0 Å². The summed E-state index contributed by atoms with van der Waals surface area (Å²) in [5.74, 6) is 0.955. The minimum absolute atomic E-state index is 0.139. The lowest BCUT2D eigenvalue weighted by molar-refractivity contribution is -0.138. The van der Waals surface area contributed by atoms with E-state index in [4.69, 9.17) is 23.9 Å². The number of nitriles is 1. The van der Waals surface area contributed by atoms with E-state index >= 15 is 0 Å². The molecule has 12 heteroatoms. The number of aromatic nitrogens is 1. The summed E-state index contributed by atoms with van der Waals surface area (Å²) < 4.78 is 26.8. The Labute approximate surface area is 319 Å². The highest BCUT2D eigenvalue weighted by atomic mass is 127. The second-order valence-corrected chi connectivity index (χ2v) is 14.3. The van der Waals surface area contributed by atoms with Crippen molar-refractivity contribution in [2.75, 3.05) is 20.8 Å². The first kappa shape index (κ1) is 35.4. The lowest BCUT2D eigenvalue weighted by Gasteiger charge is -2.26. The van der Waals surface area contributed by atoms with E-state index in [0.717, 1.165) is 12.7 Å². The number of benzene rings is 4. The molecule has 0 unspecified atom stereocenters. The number of rotatable bonds is 10. The van der Waals surface area contributed by atoms with Crippen molar-refractivity contribution < 1.29 is 23.7 Å². The molecule has 252 valence electrons. The quantitative estimate of drug-likeness (QED) is 0.115. The maximum Gasteiger partial charge on any atom is 0.338 e. The van der Waals surface area contributed by atoms with Crippen molar-refractivity contribution in [2.45, 2.75) is 19.6 Å². The van der Waals surface area contributed by atoms with Gasteiger partial charge in [0.05, 0.1) is 57.9 Å². The van der Waals surface area contributed by atoms with Crippen LogP contribution in [-0.4, -0.2) is 31.4 Å². The van der Waals surface area contributed by atoms with E-state index in [-0.39, 0.29) is 24.3 Å². The summed E-state index contributed by atoms with van der Waals surface area (Å²) in [6.07, 6.45) is 1.79. The molecule has 1 aliphatic heterocycles. The Balaban J connectivity index is 1.58. The molecule has 0 saturated carbocycles. The summed E-state index contributed by atoms with van der Waals surface area (Å²) in [6, 6.07) is 27.2. The zero-order valence-corrected chi connectivity index (χ0v) is 32.2. The number of carbonyl (C=O) groups is 1. The largest absolute Gasteiger partial charge is 0.493 e. The molecule has 0 amide bonds. The third-order valence-corrected chi connectivity index (χ3v) is 10.3. The molecule has 50 heavy (non-hydrogen) atoms. The van der Waals surface area contributed by atoms with Crippen molar-refractivity contribution in [1.29, 1.82) is 5.26 Å². The molecular weight excluding hydrogens is 880 g/mol. The van der Waals surface area contributed by atoms with Crippen LogP contribution in [0.5, 0.6) is 17.2 Å². The predicted molar refractivity (Wildman–Crippen MR) is 208 cm³/mol. The van der Waals surface area contributed by atoms with Crippen LogP contribution in [0.25, 0.3) is 11.8 Å². The van der Waals surface area contributed by atoms with Crippen LogP contribution in [0.4, 0.5) is 0 Å². The van der Waals surface area contributed by atoms with Crippen LogP contribution in [0.2, 0.25) is 0 Å². The summed E-state index contributed by atoms with van der Waals surface area (Å²) in [5.41, 5.74) is 3.61. The van der Waals surface area contributed by atoms with Gasteiger partial charge in [-0.3, -0.25) is 9.36 Å². The number of esters is 1. The van der Waals surface area contributed by atoms with Crippen molar-refractivity contribution >= 4 is 74.3 Å². The van der Waals surface area contributed by atoms with Crippen LogP contribution >= 0.6 is 56.5 Å². The van der Waals surface area contributed by atoms with Gasteiger partial charge in [-0.1, -0.05) is 65.9 Å². The van der Waals surface area contributed by atoms with Crippen LogP contribution in [0.3, 0.4) is 0 Å². The van der Waals surface area contributed by atoms with Gasteiger partial charge in [0, 0.05) is 20.3 Å². The molecule has 2 heterocycles. The molecule has 0 spiro atoms. The van der Waals surface area contributed by atoms with Crippen molar-refractivity contribution in [3.63, 3.8) is 0 Å². The maximum atomic E-state index is 14.6. The standard InChI is InChI=1S/C38H29I2N3O6S/c1-4-48-37(45)32-33(22-10-6-5-7-11-22)42-38-43(34(32)23-14-15-29(46-2)30(17-23)47-3)36(44)31(50-38)18-26-16-27(39)19-28(40)35(26)49-21-25-13-9-8-12-24(25)20-41/h5-19,34H,4,21H2,1-3H3/b31-18-/t34-/m0/s1. The molecule has 1 atom stereocenters. The molecule has 0 bridgehead atoms. The van der Waals surface area contributed by atoms with E-state index in [1.54, 1.807) is 42.9 Å². The number of halogens is 2. The molecule has 0 N–H and O–H groups in total. The van der Waals surface area contributed by atoms with Gasteiger partial charge in [-0.15, -0.1) is 0 Å². The number of hydrogen-bond donors (Lipinski definition) is 0. The number of thiazole rings is 1. The van der Waals surface area contributed by atoms with Crippen LogP contribution in [0, 0.1) is 18.5 Å². The minimum Gasteiger partial charge on any atom is -0.493 e. The predicted octanol–water partition coefficient (Wildman–Crippen LogP) is 6.61. The number of methoxy groups -OCH3 is 2. The highest BCUT2D eigenvalue weighted by molar-refractivity contribution is 14.1. The Kier molecular flexibility index (Phi) is 11.0. The Morgan fingerprint density at radius 1 is 1.00 bits per heavy atom. The molecule has 9 nitrogen and oxygen atoms in total. The number of carbonyl (C=O) groups excluding carboxylic acids is 1.